The van der Waals surface area contributed by atoms with Crippen molar-refractivity contribution in [2.24, 2.45) is 5.73 Å². The summed E-state index contributed by atoms with van der Waals surface area (Å²) in [4.78, 5) is 11.9. The van der Waals surface area contributed by atoms with Crippen molar-refractivity contribution in [1.82, 2.24) is 5.32 Å². The van der Waals surface area contributed by atoms with Crippen molar-refractivity contribution >= 4 is 6.09 Å². The Kier molecular flexibility index (Phi) is 3.54. The van der Waals surface area contributed by atoms with E-state index in [0.717, 1.165) is 18.4 Å². The molecule has 0 spiro atoms. The van der Waals surface area contributed by atoms with Gasteiger partial charge in [-0.3, -0.25) is 0 Å². The number of carbonyl (C=O) groups excluding carboxylic acids is 1. The summed E-state index contributed by atoms with van der Waals surface area (Å²) >= 11 is 0. The van der Waals surface area contributed by atoms with Crippen LogP contribution in [0.1, 0.15) is 45.2 Å². The van der Waals surface area contributed by atoms with Gasteiger partial charge in [0.25, 0.3) is 0 Å². The Bertz CT molecular complexity index is 447. The highest BCUT2D eigenvalue weighted by molar-refractivity contribution is 5.69. The van der Waals surface area contributed by atoms with Crippen LogP contribution in [0, 0.1) is 0 Å². The first-order valence-electron chi connectivity index (χ1n) is 6.63. The summed E-state index contributed by atoms with van der Waals surface area (Å²) in [6.45, 7) is 5.54. The molecule has 1 unspecified atom stereocenters. The van der Waals surface area contributed by atoms with Gasteiger partial charge in [-0.25, -0.2) is 4.79 Å². The number of nitrogens with two attached hydrogens (primary N) is 1. The maximum atomic E-state index is 11.9. The van der Waals surface area contributed by atoms with E-state index in [4.69, 9.17) is 10.5 Å². The molecular weight excluding hydrogens is 240 g/mol. The smallest absolute Gasteiger partial charge is 0.408 e. The first-order valence-corrected chi connectivity index (χ1v) is 6.63. The molecule has 0 bridgehead atoms. The van der Waals surface area contributed by atoms with E-state index in [9.17, 15) is 4.79 Å². The second-order valence-corrected chi connectivity index (χ2v) is 6.22. The minimum Gasteiger partial charge on any atom is -0.444 e. The molecular formula is C15H22N2O2. The van der Waals surface area contributed by atoms with Crippen molar-refractivity contribution in [3.05, 3.63) is 35.9 Å². The fourth-order valence-corrected chi connectivity index (χ4v) is 2.06. The highest BCUT2D eigenvalue weighted by Crippen LogP contribution is 2.43. The fraction of sp³-hybridized carbons (Fsp3) is 0.533. The van der Waals surface area contributed by atoms with E-state index in [1.54, 1.807) is 0 Å². The second-order valence-electron chi connectivity index (χ2n) is 6.22. The summed E-state index contributed by atoms with van der Waals surface area (Å²) in [6.07, 6.45) is 1.42. The molecule has 1 aliphatic rings. The predicted molar refractivity (Wildman–Crippen MR) is 74.7 cm³/mol. The van der Waals surface area contributed by atoms with Crippen LogP contribution >= 0.6 is 0 Å². The van der Waals surface area contributed by atoms with Crippen LogP contribution < -0.4 is 11.1 Å². The Morgan fingerprint density at radius 3 is 2.37 bits per heavy atom. The quantitative estimate of drug-likeness (QED) is 0.880. The summed E-state index contributed by atoms with van der Waals surface area (Å²) in [5, 5.41) is 2.91. The van der Waals surface area contributed by atoms with Gasteiger partial charge in [-0.15, -0.1) is 0 Å². The topological polar surface area (TPSA) is 64.3 Å². The van der Waals surface area contributed by atoms with Crippen LogP contribution in [0.15, 0.2) is 30.3 Å². The van der Waals surface area contributed by atoms with Gasteiger partial charge in [0.2, 0.25) is 0 Å². The number of ether oxygens (including phenoxy) is 1. The van der Waals surface area contributed by atoms with Crippen LogP contribution in [0.25, 0.3) is 0 Å². The maximum Gasteiger partial charge on any atom is 0.408 e. The molecule has 4 nitrogen and oxygen atoms in total. The normalized spacial score (nSPS) is 18.5. The Morgan fingerprint density at radius 1 is 1.32 bits per heavy atom. The van der Waals surface area contributed by atoms with E-state index < -0.39 is 11.7 Å². The summed E-state index contributed by atoms with van der Waals surface area (Å²) in [5.74, 6) is 0. The molecule has 4 heteroatoms. The molecule has 1 aliphatic carbocycles. The van der Waals surface area contributed by atoms with E-state index >= 15 is 0 Å². The molecule has 0 heterocycles. The third-order valence-corrected chi connectivity index (χ3v) is 3.20. The minimum atomic E-state index is -0.503. The van der Waals surface area contributed by atoms with Crippen molar-refractivity contribution in [3.8, 4) is 0 Å². The Balaban J connectivity index is 2.10. The average Bonchev–Trinajstić information content (AvgIpc) is 3.04. The van der Waals surface area contributed by atoms with Gasteiger partial charge >= 0.3 is 6.09 Å². The Hall–Kier alpha value is -1.55. The molecule has 0 saturated heterocycles. The molecule has 1 amide bonds. The fourth-order valence-electron chi connectivity index (χ4n) is 2.06. The number of alkyl carbamates (subject to hydrolysis) is 1. The zero-order valence-electron chi connectivity index (χ0n) is 11.8. The monoisotopic (exact) mass is 262 g/mol. The molecule has 104 valence electrons. The summed E-state index contributed by atoms with van der Waals surface area (Å²) in [5.41, 5.74) is 6.45. The lowest BCUT2D eigenvalue weighted by Crippen LogP contribution is -2.44. The molecule has 0 radical (unpaired) electrons. The van der Waals surface area contributed by atoms with Gasteiger partial charge in [-0.2, -0.15) is 0 Å². The van der Waals surface area contributed by atoms with Crippen LogP contribution in [-0.2, 0) is 4.74 Å². The van der Waals surface area contributed by atoms with Crippen LogP contribution in [0.4, 0.5) is 4.79 Å². The molecule has 1 saturated carbocycles. The number of carbonyl (C=O) groups is 1. The van der Waals surface area contributed by atoms with E-state index in [2.05, 4.69) is 5.32 Å². The molecule has 1 aromatic rings. The molecule has 2 rings (SSSR count). The predicted octanol–water partition coefficient (Wildman–Crippen LogP) is 2.74. The number of rotatable bonds is 3. The maximum absolute atomic E-state index is 11.9. The zero-order valence-corrected chi connectivity index (χ0v) is 11.8. The highest BCUT2D eigenvalue weighted by Gasteiger charge is 2.47. The van der Waals surface area contributed by atoms with Gasteiger partial charge in [0.05, 0.1) is 6.04 Å². The van der Waals surface area contributed by atoms with Gasteiger partial charge < -0.3 is 15.8 Å². The standard InChI is InChI=1S/C15H22N2O2/c1-14(2,3)19-13(18)17-12(15(16)9-10-15)11-7-5-4-6-8-11/h4-8,12H,9-10,16H2,1-3H3,(H,17,18). The van der Waals surface area contributed by atoms with Crippen LogP contribution in [0.2, 0.25) is 0 Å². The number of hydrogen-bond donors (Lipinski definition) is 2. The summed E-state index contributed by atoms with van der Waals surface area (Å²) < 4.78 is 5.31. The largest absolute Gasteiger partial charge is 0.444 e. The average molecular weight is 262 g/mol. The van der Waals surface area contributed by atoms with E-state index in [1.807, 2.05) is 51.1 Å². The lowest BCUT2D eigenvalue weighted by Gasteiger charge is -2.27. The molecule has 19 heavy (non-hydrogen) atoms. The highest BCUT2D eigenvalue weighted by atomic mass is 16.6. The third-order valence-electron chi connectivity index (χ3n) is 3.20. The van der Waals surface area contributed by atoms with E-state index in [1.165, 1.54) is 0 Å². The number of hydrogen-bond acceptors (Lipinski definition) is 3. The zero-order chi connectivity index (χ0) is 14.1. The number of amides is 1. The van der Waals surface area contributed by atoms with Crippen molar-refractivity contribution in [1.29, 1.82) is 0 Å². The lowest BCUT2D eigenvalue weighted by atomic mass is 9.98. The molecule has 3 N–H and O–H groups in total. The molecule has 1 atom stereocenters. The first-order chi connectivity index (χ1) is 8.80. The lowest BCUT2D eigenvalue weighted by molar-refractivity contribution is 0.0492. The molecule has 1 fully saturated rings. The van der Waals surface area contributed by atoms with Crippen molar-refractivity contribution < 1.29 is 9.53 Å². The number of nitrogens with one attached hydrogen (secondary N) is 1. The van der Waals surface area contributed by atoms with Gasteiger partial charge in [-0.1, -0.05) is 30.3 Å². The second kappa shape index (κ2) is 4.85. The van der Waals surface area contributed by atoms with Crippen molar-refractivity contribution in [2.45, 2.75) is 50.8 Å². The van der Waals surface area contributed by atoms with E-state index in [-0.39, 0.29) is 11.6 Å². The van der Waals surface area contributed by atoms with Gasteiger partial charge in [-0.05, 0) is 39.2 Å². The Morgan fingerprint density at radius 2 is 1.89 bits per heavy atom. The first kappa shape index (κ1) is 13.9. The third kappa shape index (κ3) is 3.70. The van der Waals surface area contributed by atoms with Gasteiger partial charge in [0.1, 0.15) is 5.60 Å². The number of benzene rings is 1. The molecule has 0 aliphatic heterocycles. The summed E-state index contributed by atoms with van der Waals surface area (Å²) in [6, 6.07) is 9.62. The SMILES string of the molecule is CC(C)(C)OC(=O)NC(c1ccccc1)C1(N)CC1. The molecule has 1 aromatic carbocycles. The van der Waals surface area contributed by atoms with Gasteiger partial charge in [0, 0.05) is 5.54 Å². The van der Waals surface area contributed by atoms with Crippen LogP contribution in [0.3, 0.4) is 0 Å². The van der Waals surface area contributed by atoms with Crippen LogP contribution in [-0.4, -0.2) is 17.2 Å². The van der Waals surface area contributed by atoms with Crippen molar-refractivity contribution in [3.63, 3.8) is 0 Å². The summed E-state index contributed by atoms with van der Waals surface area (Å²) in [7, 11) is 0. The molecule has 0 aromatic heterocycles. The van der Waals surface area contributed by atoms with Gasteiger partial charge in [0.15, 0.2) is 0 Å². The minimum absolute atomic E-state index is 0.191. The Labute approximate surface area is 114 Å². The van der Waals surface area contributed by atoms with E-state index in [0.29, 0.717) is 0 Å². The van der Waals surface area contributed by atoms with Crippen molar-refractivity contribution in [2.75, 3.05) is 0 Å². The van der Waals surface area contributed by atoms with Crippen LogP contribution in [0.5, 0.6) is 0 Å².